The van der Waals surface area contributed by atoms with Crippen LogP contribution in [0.2, 0.25) is 0 Å². The van der Waals surface area contributed by atoms with Crippen molar-refractivity contribution in [1.29, 1.82) is 0 Å². The summed E-state index contributed by atoms with van der Waals surface area (Å²) >= 11 is 0. The van der Waals surface area contributed by atoms with Crippen molar-refractivity contribution in [2.45, 2.75) is 51.2 Å². The number of piperidine rings is 2. The maximum atomic E-state index is 12.6. The number of aliphatic hydroxyl groups excluding tert-OH is 1. The molecule has 154 valence electrons. The van der Waals surface area contributed by atoms with Crippen molar-refractivity contribution in [2.75, 3.05) is 37.6 Å². The van der Waals surface area contributed by atoms with Gasteiger partial charge in [0, 0.05) is 26.7 Å². The average molecular weight is 390 g/mol. The predicted octanol–water partition coefficient (Wildman–Crippen LogP) is 0.260. The number of imidazole rings is 1. The summed E-state index contributed by atoms with van der Waals surface area (Å²) in [6, 6.07) is 0. The van der Waals surface area contributed by atoms with Gasteiger partial charge in [0.25, 0.3) is 5.56 Å². The lowest BCUT2D eigenvalue weighted by atomic mass is 10.1. The Morgan fingerprint density at radius 3 is 2.32 bits per heavy atom. The molecule has 9 heteroatoms. The number of aromatic amines is 1. The van der Waals surface area contributed by atoms with Gasteiger partial charge in [-0.05, 0) is 45.2 Å². The molecule has 0 bridgehead atoms. The topological polar surface area (TPSA) is 99.4 Å². The second-order valence-corrected chi connectivity index (χ2v) is 8.08. The van der Waals surface area contributed by atoms with Gasteiger partial charge in [0.1, 0.15) is 0 Å². The van der Waals surface area contributed by atoms with E-state index in [0.717, 1.165) is 39.0 Å². The molecule has 2 fully saturated rings. The number of hydrogen-bond donors (Lipinski definition) is 2. The lowest BCUT2D eigenvalue weighted by Crippen LogP contribution is -2.39. The van der Waals surface area contributed by atoms with E-state index >= 15 is 0 Å². The van der Waals surface area contributed by atoms with Crippen molar-refractivity contribution < 1.29 is 5.11 Å². The van der Waals surface area contributed by atoms with E-state index in [1.54, 1.807) is 7.05 Å². The number of fused-ring (bicyclic) bond motifs is 1. The van der Waals surface area contributed by atoms with Crippen molar-refractivity contribution in [3.63, 3.8) is 0 Å². The van der Waals surface area contributed by atoms with Crippen LogP contribution in [-0.4, -0.2) is 67.9 Å². The highest BCUT2D eigenvalue weighted by Crippen LogP contribution is 2.23. The highest BCUT2D eigenvalue weighted by Gasteiger charge is 2.25. The molecule has 2 aromatic heterocycles. The molecule has 0 aliphatic carbocycles. The standard InChI is InChI=1S/C19H30N6O3/c1-22-16-15(17(27)21-19(22)28)25(18(20-16)24-10-6-3-7-11-24)13-14(26)12-23-8-4-2-5-9-23/h14,26H,2-13H2,1H3,(H,21,27,28)/t14-/m1/s1. The fraction of sp³-hybridized carbons (Fsp3) is 0.737. The van der Waals surface area contributed by atoms with Crippen molar-refractivity contribution in [2.24, 2.45) is 7.05 Å². The summed E-state index contributed by atoms with van der Waals surface area (Å²) in [4.78, 5) is 36.1. The fourth-order valence-corrected chi connectivity index (χ4v) is 4.44. The van der Waals surface area contributed by atoms with Crippen LogP contribution in [-0.2, 0) is 13.6 Å². The Morgan fingerprint density at radius 1 is 1.00 bits per heavy atom. The van der Waals surface area contributed by atoms with Gasteiger partial charge in [-0.15, -0.1) is 0 Å². The molecule has 0 saturated carbocycles. The zero-order valence-corrected chi connectivity index (χ0v) is 16.6. The first-order valence-electron chi connectivity index (χ1n) is 10.4. The molecule has 0 aromatic carbocycles. The van der Waals surface area contributed by atoms with E-state index in [-0.39, 0.29) is 0 Å². The first-order valence-corrected chi connectivity index (χ1v) is 10.4. The third-order valence-electron chi connectivity index (χ3n) is 5.94. The Balaban J connectivity index is 1.70. The van der Waals surface area contributed by atoms with E-state index in [4.69, 9.17) is 0 Å². The minimum absolute atomic E-state index is 0.292. The summed E-state index contributed by atoms with van der Waals surface area (Å²) in [6.45, 7) is 4.64. The molecule has 28 heavy (non-hydrogen) atoms. The molecule has 2 saturated heterocycles. The summed E-state index contributed by atoms with van der Waals surface area (Å²) in [5.41, 5.74) is -0.180. The average Bonchev–Trinajstić information content (AvgIpc) is 3.07. The zero-order valence-electron chi connectivity index (χ0n) is 16.6. The van der Waals surface area contributed by atoms with Crippen molar-refractivity contribution >= 4 is 17.1 Å². The van der Waals surface area contributed by atoms with Crippen LogP contribution in [0.15, 0.2) is 9.59 Å². The number of anilines is 1. The number of β-amino-alcohol motifs (C(OH)–C–C–N with tert-alkyl or cyclic N) is 1. The molecule has 2 aromatic rings. The molecule has 1 atom stereocenters. The van der Waals surface area contributed by atoms with Crippen molar-refractivity contribution in [3.8, 4) is 0 Å². The maximum absolute atomic E-state index is 12.6. The molecule has 2 N–H and O–H groups in total. The number of likely N-dealkylation sites (tertiary alicyclic amines) is 1. The molecule has 9 nitrogen and oxygen atoms in total. The van der Waals surface area contributed by atoms with Crippen LogP contribution in [0.5, 0.6) is 0 Å². The van der Waals surface area contributed by atoms with Gasteiger partial charge in [-0.1, -0.05) is 6.42 Å². The van der Waals surface area contributed by atoms with Crippen LogP contribution in [0.3, 0.4) is 0 Å². The van der Waals surface area contributed by atoms with Gasteiger partial charge in [-0.25, -0.2) is 4.79 Å². The number of nitrogens with one attached hydrogen (secondary N) is 1. The fourth-order valence-electron chi connectivity index (χ4n) is 4.44. The van der Waals surface area contributed by atoms with Gasteiger partial charge in [-0.2, -0.15) is 4.98 Å². The highest BCUT2D eigenvalue weighted by molar-refractivity contribution is 5.74. The van der Waals surface area contributed by atoms with Gasteiger partial charge in [0.15, 0.2) is 11.2 Å². The summed E-state index contributed by atoms with van der Waals surface area (Å²) in [5.74, 6) is 0.680. The van der Waals surface area contributed by atoms with Crippen molar-refractivity contribution in [1.82, 2.24) is 24.0 Å². The second-order valence-electron chi connectivity index (χ2n) is 8.08. The van der Waals surface area contributed by atoms with Gasteiger partial charge in [0.05, 0.1) is 12.6 Å². The SMILES string of the molecule is Cn1c(=O)[nH]c(=O)c2c1nc(N1CCCCC1)n2C[C@H](O)CN1CCCCC1. The minimum atomic E-state index is -0.601. The highest BCUT2D eigenvalue weighted by atomic mass is 16.3. The lowest BCUT2D eigenvalue weighted by Gasteiger charge is -2.30. The van der Waals surface area contributed by atoms with Gasteiger partial charge >= 0.3 is 5.69 Å². The Morgan fingerprint density at radius 2 is 1.64 bits per heavy atom. The molecule has 0 spiro atoms. The van der Waals surface area contributed by atoms with Crippen LogP contribution in [0, 0.1) is 0 Å². The summed E-state index contributed by atoms with van der Waals surface area (Å²) < 4.78 is 3.19. The Bertz CT molecular complexity index is 934. The van der Waals surface area contributed by atoms with E-state index in [9.17, 15) is 14.7 Å². The molecular formula is C19H30N6O3. The molecule has 2 aliphatic heterocycles. The Labute approximate surface area is 163 Å². The molecule has 0 unspecified atom stereocenters. The number of aryl methyl sites for hydroxylation is 1. The number of aliphatic hydroxyl groups is 1. The van der Waals surface area contributed by atoms with Crippen LogP contribution < -0.4 is 16.1 Å². The van der Waals surface area contributed by atoms with Crippen LogP contribution in [0.4, 0.5) is 5.95 Å². The predicted molar refractivity (Wildman–Crippen MR) is 108 cm³/mol. The number of H-pyrrole nitrogens is 1. The number of rotatable bonds is 5. The normalized spacial score (nSPS) is 20.0. The van der Waals surface area contributed by atoms with E-state index < -0.39 is 17.4 Å². The van der Waals surface area contributed by atoms with Gasteiger partial charge < -0.3 is 19.5 Å². The molecule has 0 amide bonds. The summed E-state index contributed by atoms with van der Waals surface area (Å²) in [6.07, 6.45) is 6.33. The third-order valence-corrected chi connectivity index (χ3v) is 5.94. The van der Waals surface area contributed by atoms with Gasteiger partial charge in [-0.3, -0.25) is 14.3 Å². The van der Waals surface area contributed by atoms with E-state index in [1.807, 2.05) is 4.57 Å². The summed E-state index contributed by atoms with van der Waals surface area (Å²) in [5, 5.41) is 10.8. The van der Waals surface area contributed by atoms with Crippen molar-refractivity contribution in [3.05, 3.63) is 20.8 Å². The van der Waals surface area contributed by atoms with E-state index in [2.05, 4.69) is 19.8 Å². The minimum Gasteiger partial charge on any atom is -0.390 e. The smallest absolute Gasteiger partial charge is 0.329 e. The van der Waals surface area contributed by atoms with Crippen LogP contribution >= 0.6 is 0 Å². The number of aromatic nitrogens is 4. The number of nitrogens with zero attached hydrogens (tertiary/aromatic N) is 5. The largest absolute Gasteiger partial charge is 0.390 e. The third kappa shape index (κ3) is 3.73. The van der Waals surface area contributed by atoms with E-state index in [0.29, 0.717) is 30.2 Å². The second kappa shape index (κ2) is 8.08. The zero-order chi connectivity index (χ0) is 19.7. The maximum Gasteiger partial charge on any atom is 0.329 e. The Kier molecular flexibility index (Phi) is 5.54. The monoisotopic (exact) mass is 390 g/mol. The quantitative estimate of drug-likeness (QED) is 0.760. The molecule has 4 rings (SSSR count). The lowest BCUT2D eigenvalue weighted by molar-refractivity contribution is 0.0893. The molecular weight excluding hydrogens is 360 g/mol. The Hall–Kier alpha value is -2.13. The first kappa shape index (κ1) is 19.2. The number of hydrogen-bond acceptors (Lipinski definition) is 6. The van der Waals surface area contributed by atoms with Crippen LogP contribution in [0.25, 0.3) is 11.2 Å². The van der Waals surface area contributed by atoms with Gasteiger partial charge in [0.2, 0.25) is 5.95 Å². The molecule has 2 aliphatic rings. The van der Waals surface area contributed by atoms with Crippen LogP contribution in [0.1, 0.15) is 38.5 Å². The molecule has 0 radical (unpaired) electrons. The summed E-state index contributed by atoms with van der Waals surface area (Å²) in [7, 11) is 1.61. The first-order chi connectivity index (χ1) is 13.5. The van der Waals surface area contributed by atoms with E-state index in [1.165, 1.54) is 30.3 Å². The molecule has 4 heterocycles.